The largest absolute Gasteiger partial charge is 0.478 e. The number of carboxylic acid groups (broad SMARTS) is 1. The molecule has 2 rings (SSSR count). The van der Waals surface area contributed by atoms with Gasteiger partial charge in [-0.25, -0.2) is 22.6 Å². The third-order valence-corrected chi connectivity index (χ3v) is 4.55. The van der Waals surface area contributed by atoms with Gasteiger partial charge in [0.1, 0.15) is 4.90 Å². The fraction of sp³-hybridized carbons (Fsp3) is 0. The number of nitrogens with one attached hydrogen (secondary N) is 1. The molecule has 2 aromatic rings. The Bertz CT molecular complexity index is 762. The highest BCUT2D eigenvalue weighted by Crippen LogP contribution is 2.26. The van der Waals surface area contributed by atoms with Gasteiger partial charge < -0.3 is 5.11 Å². The maximum Gasteiger partial charge on any atom is 0.338 e. The van der Waals surface area contributed by atoms with Crippen molar-refractivity contribution in [3.63, 3.8) is 0 Å². The predicted molar refractivity (Wildman–Crippen MR) is 71.3 cm³/mol. The van der Waals surface area contributed by atoms with Crippen LogP contribution in [0.5, 0.6) is 0 Å². The van der Waals surface area contributed by atoms with E-state index in [2.05, 4.69) is 4.98 Å². The van der Waals surface area contributed by atoms with Crippen molar-refractivity contribution >= 4 is 44.1 Å². The molecule has 10 heteroatoms. The van der Waals surface area contributed by atoms with Crippen molar-refractivity contribution in [3.05, 3.63) is 40.1 Å². The van der Waals surface area contributed by atoms with Gasteiger partial charge >= 0.3 is 5.97 Å². The summed E-state index contributed by atoms with van der Waals surface area (Å²) in [6.45, 7) is 0. The lowest BCUT2D eigenvalue weighted by Gasteiger charge is -2.08. The van der Waals surface area contributed by atoms with E-state index in [0.29, 0.717) is 0 Å². The summed E-state index contributed by atoms with van der Waals surface area (Å²) in [6.07, 6.45) is 1.36. The van der Waals surface area contributed by atoms with Crippen molar-refractivity contribution in [1.29, 1.82) is 0 Å². The summed E-state index contributed by atoms with van der Waals surface area (Å²) >= 11 is 6.61. The van der Waals surface area contributed by atoms with Crippen LogP contribution < -0.4 is 4.72 Å². The number of aromatic carboxylic acids is 1. The molecule has 0 saturated carbocycles. The minimum absolute atomic E-state index is 0.0289. The average molecular weight is 337 g/mol. The van der Waals surface area contributed by atoms with Gasteiger partial charge in [-0.1, -0.05) is 11.6 Å². The number of carboxylic acids is 1. The molecule has 0 spiro atoms. The van der Waals surface area contributed by atoms with Crippen molar-refractivity contribution in [2.45, 2.75) is 4.90 Å². The van der Waals surface area contributed by atoms with Gasteiger partial charge in [-0.3, -0.25) is 4.72 Å². The smallest absolute Gasteiger partial charge is 0.338 e. The Hall–Kier alpha value is -1.71. The first-order chi connectivity index (χ1) is 9.31. The first kappa shape index (κ1) is 14.7. The van der Waals surface area contributed by atoms with Gasteiger partial charge in [0.15, 0.2) is 10.9 Å². The van der Waals surface area contributed by atoms with E-state index in [1.807, 2.05) is 4.72 Å². The summed E-state index contributed by atoms with van der Waals surface area (Å²) < 4.78 is 40.0. The summed E-state index contributed by atoms with van der Waals surface area (Å²) in [5, 5.41) is 10.2. The number of rotatable bonds is 4. The van der Waals surface area contributed by atoms with Crippen LogP contribution in [0.4, 0.5) is 9.52 Å². The van der Waals surface area contributed by atoms with E-state index in [1.165, 1.54) is 11.6 Å². The van der Waals surface area contributed by atoms with E-state index in [4.69, 9.17) is 16.7 Å². The van der Waals surface area contributed by atoms with Crippen LogP contribution in [0.2, 0.25) is 5.02 Å². The van der Waals surface area contributed by atoms with Crippen LogP contribution in [0.15, 0.2) is 28.6 Å². The van der Waals surface area contributed by atoms with Crippen molar-refractivity contribution in [1.82, 2.24) is 4.98 Å². The number of aromatic nitrogens is 1. The monoisotopic (exact) mass is 336 g/mol. The fourth-order valence-electron chi connectivity index (χ4n) is 1.36. The molecule has 0 fully saturated rings. The van der Waals surface area contributed by atoms with Gasteiger partial charge in [0.2, 0.25) is 0 Å². The molecule has 6 nitrogen and oxygen atoms in total. The van der Waals surface area contributed by atoms with Crippen molar-refractivity contribution in [2.24, 2.45) is 0 Å². The number of sulfonamides is 1. The fourth-order valence-corrected chi connectivity index (χ4v) is 3.56. The molecule has 1 aromatic carbocycles. The summed E-state index contributed by atoms with van der Waals surface area (Å²) in [4.78, 5) is 13.7. The Morgan fingerprint density at radius 2 is 2.15 bits per heavy atom. The lowest BCUT2D eigenvalue weighted by atomic mass is 10.2. The Morgan fingerprint density at radius 1 is 1.45 bits per heavy atom. The number of thiazole rings is 1. The predicted octanol–water partition coefficient (Wildman–Crippen LogP) is 2.43. The van der Waals surface area contributed by atoms with Gasteiger partial charge in [0, 0.05) is 16.6 Å². The number of carbonyl (C=O) groups is 1. The van der Waals surface area contributed by atoms with Crippen LogP contribution in [-0.4, -0.2) is 24.5 Å². The highest BCUT2D eigenvalue weighted by atomic mass is 35.5. The molecule has 0 atom stereocenters. The highest BCUT2D eigenvalue weighted by Gasteiger charge is 2.25. The van der Waals surface area contributed by atoms with Gasteiger partial charge in [0.05, 0.1) is 5.56 Å². The first-order valence-corrected chi connectivity index (χ1v) is 7.70. The van der Waals surface area contributed by atoms with Crippen LogP contribution in [0.3, 0.4) is 0 Å². The van der Waals surface area contributed by atoms with Crippen LogP contribution in [0.25, 0.3) is 0 Å². The normalized spacial score (nSPS) is 11.3. The summed E-state index contributed by atoms with van der Waals surface area (Å²) in [7, 11) is -4.32. The maximum absolute atomic E-state index is 14.0. The zero-order chi connectivity index (χ0) is 14.9. The minimum atomic E-state index is -4.32. The van der Waals surface area contributed by atoms with Crippen molar-refractivity contribution < 1.29 is 22.7 Å². The molecule has 20 heavy (non-hydrogen) atoms. The molecule has 0 aliphatic carbocycles. The lowest BCUT2D eigenvalue weighted by molar-refractivity contribution is 0.0691. The number of hydrogen-bond acceptors (Lipinski definition) is 5. The molecule has 0 aliphatic rings. The first-order valence-electron chi connectivity index (χ1n) is 4.96. The van der Waals surface area contributed by atoms with Crippen LogP contribution >= 0.6 is 22.9 Å². The molecular weight excluding hydrogens is 331 g/mol. The maximum atomic E-state index is 14.0. The lowest BCUT2D eigenvalue weighted by Crippen LogP contribution is -2.16. The third kappa shape index (κ3) is 2.89. The summed E-state index contributed by atoms with van der Waals surface area (Å²) in [6, 6.07) is 1.67. The van der Waals surface area contributed by atoms with Gasteiger partial charge in [-0.2, -0.15) is 0 Å². The van der Waals surface area contributed by atoms with Crippen LogP contribution in [0, 0.1) is 5.82 Å². The second-order valence-electron chi connectivity index (χ2n) is 3.51. The highest BCUT2D eigenvalue weighted by molar-refractivity contribution is 7.93. The number of halogens is 2. The molecule has 0 radical (unpaired) electrons. The van der Waals surface area contributed by atoms with E-state index in [1.54, 1.807) is 0 Å². The summed E-state index contributed by atoms with van der Waals surface area (Å²) in [5.41, 5.74) is -0.822. The van der Waals surface area contributed by atoms with Crippen LogP contribution in [0.1, 0.15) is 10.4 Å². The zero-order valence-corrected chi connectivity index (χ0v) is 11.9. The second-order valence-corrected chi connectivity index (χ2v) is 6.50. The number of hydrogen-bond donors (Lipinski definition) is 2. The molecule has 106 valence electrons. The van der Waals surface area contributed by atoms with Crippen LogP contribution in [-0.2, 0) is 10.0 Å². The standard InChI is InChI=1S/C10H6ClFN2O4S2/c11-5-3-6(9(15)16)8(12)7(4-5)20(17,18)14-10-13-1-2-19-10/h1-4H,(H,13,14)(H,15,16). The SMILES string of the molecule is O=C(O)c1cc(Cl)cc(S(=O)(=O)Nc2nccs2)c1F. The Labute approximate surface area is 121 Å². The van der Waals surface area contributed by atoms with E-state index in [9.17, 15) is 17.6 Å². The second kappa shape index (κ2) is 5.35. The quantitative estimate of drug-likeness (QED) is 0.893. The Balaban J connectivity index is 2.54. The third-order valence-electron chi connectivity index (χ3n) is 2.18. The van der Waals surface area contributed by atoms with Crippen molar-refractivity contribution in [2.75, 3.05) is 4.72 Å². The zero-order valence-electron chi connectivity index (χ0n) is 9.50. The molecular formula is C10H6ClFN2O4S2. The van der Waals surface area contributed by atoms with Gasteiger partial charge in [-0.05, 0) is 12.1 Å². The van der Waals surface area contributed by atoms with Gasteiger partial charge in [0.25, 0.3) is 10.0 Å². The van der Waals surface area contributed by atoms with Crippen molar-refractivity contribution in [3.8, 4) is 0 Å². The molecule has 1 aromatic heterocycles. The van der Waals surface area contributed by atoms with E-state index in [0.717, 1.165) is 23.5 Å². The molecule has 2 N–H and O–H groups in total. The minimum Gasteiger partial charge on any atom is -0.478 e. The number of anilines is 1. The average Bonchev–Trinajstić information content (AvgIpc) is 2.83. The molecule has 0 aliphatic heterocycles. The molecule has 0 saturated heterocycles. The van der Waals surface area contributed by atoms with E-state index in [-0.39, 0.29) is 10.2 Å². The topological polar surface area (TPSA) is 96.4 Å². The molecule has 0 unspecified atom stereocenters. The molecule has 0 amide bonds. The molecule has 1 heterocycles. The Kier molecular flexibility index (Phi) is 3.93. The Morgan fingerprint density at radius 3 is 2.70 bits per heavy atom. The van der Waals surface area contributed by atoms with E-state index < -0.39 is 32.3 Å². The molecule has 0 bridgehead atoms. The summed E-state index contributed by atoms with van der Waals surface area (Å²) in [5.74, 6) is -3.00. The number of benzene rings is 1. The van der Waals surface area contributed by atoms with Gasteiger partial charge in [-0.15, -0.1) is 11.3 Å². The number of nitrogens with zero attached hydrogens (tertiary/aromatic N) is 1. The van der Waals surface area contributed by atoms with E-state index >= 15 is 0 Å².